The maximum Gasteiger partial charge on any atom is 0.182 e. The molecule has 0 spiro atoms. The number of benzene rings is 5. The van der Waals surface area contributed by atoms with E-state index in [0.717, 1.165) is 49.7 Å². The summed E-state index contributed by atoms with van der Waals surface area (Å²) in [6, 6.07) is 45.3. The molecule has 0 unspecified atom stereocenters. The molecule has 0 radical (unpaired) electrons. The minimum Gasteiger partial charge on any atom is -0.456 e. The molecular weight excluding hydrogens is 542 g/mol. The summed E-state index contributed by atoms with van der Waals surface area (Å²) in [5, 5.41) is 4.45. The maximum absolute atomic E-state index is 6.52. The number of rotatable bonds is 4. The summed E-state index contributed by atoms with van der Waals surface area (Å²) in [5.74, 6) is 1.68. The fourth-order valence-corrected chi connectivity index (χ4v) is 6.06. The van der Waals surface area contributed by atoms with Crippen LogP contribution in [-0.4, -0.2) is 24.5 Å². The average molecular weight is 566 g/mol. The molecule has 206 valence electrons. The summed E-state index contributed by atoms with van der Waals surface area (Å²) >= 11 is 0. The molecule has 0 amide bonds. The SMILES string of the molecule is c1ccc(-c2nc(-c3ccc4c(c3)oc3cc5c6ccccc6n(-c6ccccc6)c5cc34)nc(-c3ccccn3)n2)cc1. The fourth-order valence-electron chi connectivity index (χ4n) is 6.06. The third-order valence-electron chi connectivity index (χ3n) is 8.10. The van der Waals surface area contributed by atoms with Gasteiger partial charge in [-0.3, -0.25) is 4.98 Å². The smallest absolute Gasteiger partial charge is 0.182 e. The van der Waals surface area contributed by atoms with Gasteiger partial charge in [-0.1, -0.05) is 78.9 Å². The summed E-state index contributed by atoms with van der Waals surface area (Å²) in [7, 11) is 0. The van der Waals surface area contributed by atoms with Crippen LogP contribution in [0.1, 0.15) is 0 Å². The Bertz CT molecular complexity index is 2430. The summed E-state index contributed by atoms with van der Waals surface area (Å²) in [5.41, 5.74) is 7.50. The number of hydrogen-bond acceptors (Lipinski definition) is 5. The number of hydrogen-bond donors (Lipinski definition) is 0. The van der Waals surface area contributed by atoms with E-state index in [2.05, 4.69) is 82.3 Å². The van der Waals surface area contributed by atoms with E-state index in [1.165, 1.54) is 10.9 Å². The molecular formula is C38H23N5O. The van der Waals surface area contributed by atoms with Crippen molar-refractivity contribution in [2.45, 2.75) is 0 Å². The van der Waals surface area contributed by atoms with Crippen LogP contribution in [0.4, 0.5) is 0 Å². The van der Waals surface area contributed by atoms with Gasteiger partial charge in [-0.2, -0.15) is 0 Å². The lowest BCUT2D eigenvalue weighted by Crippen LogP contribution is -2.00. The van der Waals surface area contributed by atoms with E-state index in [-0.39, 0.29) is 0 Å². The van der Waals surface area contributed by atoms with E-state index in [4.69, 9.17) is 19.4 Å². The molecule has 0 fully saturated rings. The molecule has 5 aromatic carbocycles. The van der Waals surface area contributed by atoms with Gasteiger partial charge in [-0.25, -0.2) is 15.0 Å². The van der Waals surface area contributed by atoms with Crippen molar-refractivity contribution in [2.75, 3.05) is 0 Å². The molecule has 0 aliphatic heterocycles. The van der Waals surface area contributed by atoms with Gasteiger partial charge in [0.1, 0.15) is 16.9 Å². The predicted molar refractivity (Wildman–Crippen MR) is 176 cm³/mol. The molecule has 6 nitrogen and oxygen atoms in total. The average Bonchev–Trinajstić information content (AvgIpc) is 3.62. The molecule has 9 aromatic rings. The number of nitrogens with zero attached hydrogens (tertiary/aromatic N) is 5. The van der Waals surface area contributed by atoms with Crippen molar-refractivity contribution in [1.29, 1.82) is 0 Å². The van der Waals surface area contributed by atoms with Crippen LogP contribution in [0, 0.1) is 0 Å². The van der Waals surface area contributed by atoms with Gasteiger partial charge < -0.3 is 8.98 Å². The van der Waals surface area contributed by atoms with E-state index in [0.29, 0.717) is 23.2 Å². The molecule has 0 saturated carbocycles. The third kappa shape index (κ3) is 3.89. The Hall–Kier alpha value is -6.14. The zero-order valence-corrected chi connectivity index (χ0v) is 23.4. The largest absolute Gasteiger partial charge is 0.456 e. The minimum atomic E-state index is 0.523. The monoisotopic (exact) mass is 565 g/mol. The molecule has 0 aliphatic carbocycles. The summed E-state index contributed by atoms with van der Waals surface area (Å²) in [6.45, 7) is 0. The molecule has 44 heavy (non-hydrogen) atoms. The Balaban J connectivity index is 1.24. The van der Waals surface area contributed by atoms with Crippen molar-refractivity contribution < 1.29 is 4.42 Å². The molecule has 4 aromatic heterocycles. The lowest BCUT2D eigenvalue weighted by molar-refractivity contribution is 0.669. The number of furan rings is 1. The van der Waals surface area contributed by atoms with Gasteiger partial charge in [0.15, 0.2) is 17.5 Å². The van der Waals surface area contributed by atoms with Gasteiger partial charge >= 0.3 is 0 Å². The minimum absolute atomic E-state index is 0.523. The summed E-state index contributed by atoms with van der Waals surface area (Å²) in [4.78, 5) is 19.0. The first-order valence-electron chi connectivity index (χ1n) is 14.5. The van der Waals surface area contributed by atoms with Gasteiger partial charge in [-0.05, 0) is 54.6 Å². The zero-order chi connectivity index (χ0) is 29.0. The first-order chi connectivity index (χ1) is 21.8. The Morgan fingerprint density at radius 2 is 1.16 bits per heavy atom. The second-order valence-corrected chi connectivity index (χ2v) is 10.8. The van der Waals surface area contributed by atoms with E-state index >= 15 is 0 Å². The van der Waals surface area contributed by atoms with Gasteiger partial charge in [0.25, 0.3) is 0 Å². The van der Waals surface area contributed by atoms with Gasteiger partial charge in [0, 0.05) is 44.6 Å². The van der Waals surface area contributed by atoms with Crippen molar-refractivity contribution in [3.8, 4) is 40.0 Å². The highest BCUT2D eigenvalue weighted by Crippen LogP contribution is 2.39. The van der Waals surface area contributed by atoms with E-state index in [1.807, 2.05) is 60.7 Å². The quantitative estimate of drug-likeness (QED) is 0.213. The summed E-state index contributed by atoms with van der Waals surface area (Å²) in [6.07, 6.45) is 1.75. The van der Waals surface area contributed by atoms with Crippen LogP contribution < -0.4 is 0 Å². The van der Waals surface area contributed by atoms with Crippen molar-refractivity contribution >= 4 is 43.7 Å². The fraction of sp³-hybridized carbons (Fsp3) is 0. The van der Waals surface area contributed by atoms with Gasteiger partial charge in [-0.15, -0.1) is 0 Å². The highest BCUT2D eigenvalue weighted by molar-refractivity contribution is 6.17. The molecule has 0 aliphatic rings. The van der Waals surface area contributed by atoms with Crippen LogP contribution in [0.15, 0.2) is 144 Å². The van der Waals surface area contributed by atoms with Gasteiger partial charge in [0.05, 0.1) is 11.0 Å². The van der Waals surface area contributed by atoms with E-state index < -0.39 is 0 Å². The van der Waals surface area contributed by atoms with Crippen LogP contribution in [0.5, 0.6) is 0 Å². The predicted octanol–water partition coefficient (Wildman–Crippen LogP) is 9.26. The lowest BCUT2D eigenvalue weighted by Gasteiger charge is -2.08. The first-order valence-corrected chi connectivity index (χ1v) is 14.5. The Labute approximate surface area is 251 Å². The van der Waals surface area contributed by atoms with E-state index in [1.54, 1.807) is 6.20 Å². The van der Waals surface area contributed by atoms with Crippen molar-refractivity contribution in [2.24, 2.45) is 0 Å². The van der Waals surface area contributed by atoms with Crippen LogP contribution in [-0.2, 0) is 0 Å². The lowest BCUT2D eigenvalue weighted by atomic mass is 10.1. The van der Waals surface area contributed by atoms with Crippen molar-refractivity contribution in [3.63, 3.8) is 0 Å². The van der Waals surface area contributed by atoms with Crippen LogP contribution in [0.3, 0.4) is 0 Å². The topological polar surface area (TPSA) is 69.6 Å². The molecule has 4 heterocycles. The molecule has 0 atom stereocenters. The second-order valence-electron chi connectivity index (χ2n) is 10.8. The Morgan fingerprint density at radius 3 is 1.98 bits per heavy atom. The second kappa shape index (κ2) is 9.71. The molecule has 0 saturated heterocycles. The van der Waals surface area contributed by atoms with E-state index in [9.17, 15) is 0 Å². The number of aromatic nitrogens is 5. The number of pyridine rings is 1. The number of para-hydroxylation sites is 2. The highest BCUT2D eigenvalue weighted by Gasteiger charge is 2.18. The van der Waals surface area contributed by atoms with Crippen LogP contribution >= 0.6 is 0 Å². The normalized spacial score (nSPS) is 11.6. The third-order valence-corrected chi connectivity index (χ3v) is 8.10. The molecule has 9 rings (SSSR count). The maximum atomic E-state index is 6.52. The first kappa shape index (κ1) is 24.5. The summed E-state index contributed by atoms with van der Waals surface area (Å²) < 4.78 is 8.85. The van der Waals surface area contributed by atoms with Crippen molar-refractivity contribution in [3.05, 3.63) is 140 Å². The Kier molecular flexibility index (Phi) is 5.40. The molecule has 0 bridgehead atoms. The molecule has 0 N–H and O–H groups in total. The van der Waals surface area contributed by atoms with Crippen LogP contribution in [0.25, 0.3) is 83.7 Å². The Morgan fingerprint density at radius 1 is 0.455 bits per heavy atom. The number of fused-ring (bicyclic) bond motifs is 6. The van der Waals surface area contributed by atoms with Crippen LogP contribution in [0.2, 0.25) is 0 Å². The standard InChI is InChI=1S/C38H23N5O/c1-3-11-24(12-4-1)36-40-37(42-38(41-36)31-16-9-10-20-39-31)25-18-19-28-30-22-33-29(23-35(30)44-34(28)21-25)27-15-7-8-17-32(27)43(33)26-13-5-2-6-14-26/h1-23H. The zero-order valence-electron chi connectivity index (χ0n) is 23.4. The highest BCUT2D eigenvalue weighted by atomic mass is 16.3. The van der Waals surface area contributed by atoms with Crippen molar-refractivity contribution in [1.82, 2.24) is 24.5 Å². The molecule has 6 heteroatoms. The van der Waals surface area contributed by atoms with Gasteiger partial charge in [0.2, 0.25) is 0 Å².